The smallest absolute Gasteiger partial charge is 0.416 e. The lowest BCUT2D eigenvalue weighted by molar-refractivity contribution is -0.137. The van der Waals surface area contributed by atoms with Crippen molar-refractivity contribution >= 4 is 12.3 Å². The summed E-state index contributed by atoms with van der Waals surface area (Å²) in [5.41, 5.74) is 5.57. The van der Waals surface area contributed by atoms with Gasteiger partial charge in [-0.2, -0.15) is 13.2 Å². The Bertz CT molecular complexity index is 808. The van der Waals surface area contributed by atoms with Crippen LogP contribution in [0, 0.1) is 0 Å². The second-order valence-corrected chi connectivity index (χ2v) is 5.26. The third kappa shape index (κ3) is 5.70. The number of halogens is 3. The highest BCUT2D eigenvalue weighted by atomic mass is 19.4. The first-order valence-electron chi connectivity index (χ1n) is 7.84. The summed E-state index contributed by atoms with van der Waals surface area (Å²) in [5, 5.41) is 2.25. The van der Waals surface area contributed by atoms with Gasteiger partial charge in [-0.1, -0.05) is 6.92 Å². The van der Waals surface area contributed by atoms with Crippen molar-refractivity contribution in [2.24, 2.45) is 5.73 Å². The average molecular weight is 383 g/mol. The number of alkyl halides is 3. The lowest BCUT2D eigenvalue weighted by Gasteiger charge is -2.15. The van der Waals surface area contributed by atoms with E-state index in [1.807, 2.05) is 6.92 Å². The molecule has 0 aliphatic heterocycles. The summed E-state index contributed by atoms with van der Waals surface area (Å²) in [7, 11) is 2.91. The predicted octanol–water partition coefficient (Wildman–Crippen LogP) is 2.80. The zero-order chi connectivity index (χ0) is 20.6. The molecule has 1 aromatic heterocycles. The number of rotatable bonds is 5. The third-order valence-corrected chi connectivity index (χ3v) is 3.52. The highest BCUT2D eigenvalue weighted by Gasteiger charge is 2.31. The van der Waals surface area contributed by atoms with Crippen molar-refractivity contribution in [2.75, 3.05) is 14.2 Å². The van der Waals surface area contributed by atoms with Gasteiger partial charge in [0.05, 0.1) is 18.2 Å². The molecule has 27 heavy (non-hydrogen) atoms. The van der Waals surface area contributed by atoms with Gasteiger partial charge in [-0.15, -0.1) is 0 Å². The van der Waals surface area contributed by atoms with E-state index in [2.05, 4.69) is 10.3 Å². The molecule has 6 nitrogen and oxygen atoms in total. The maximum Gasteiger partial charge on any atom is 0.416 e. The first-order valence-corrected chi connectivity index (χ1v) is 7.84. The Morgan fingerprint density at radius 1 is 1.30 bits per heavy atom. The van der Waals surface area contributed by atoms with Crippen LogP contribution in [0.5, 0.6) is 5.75 Å². The van der Waals surface area contributed by atoms with E-state index in [4.69, 9.17) is 15.3 Å². The number of carbonyl (C=O) groups excluding carboxylic acids is 2. The van der Waals surface area contributed by atoms with E-state index in [9.17, 15) is 18.0 Å². The van der Waals surface area contributed by atoms with Crippen LogP contribution in [0.4, 0.5) is 13.2 Å². The number of aromatic nitrogens is 1. The van der Waals surface area contributed by atoms with Gasteiger partial charge in [0.1, 0.15) is 5.75 Å². The van der Waals surface area contributed by atoms with E-state index in [0.29, 0.717) is 18.5 Å². The molecule has 0 saturated carbocycles. The van der Waals surface area contributed by atoms with Gasteiger partial charge in [0.2, 0.25) is 6.41 Å². The number of methoxy groups -OCH3 is 1. The van der Waals surface area contributed by atoms with E-state index >= 15 is 0 Å². The van der Waals surface area contributed by atoms with Crippen molar-refractivity contribution in [1.82, 2.24) is 10.3 Å². The van der Waals surface area contributed by atoms with Crippen molar-refractivity contribution in [3.05, 3.63) is 47.3 Å². The fourth-order valence-electron chi connectivity index (χ4n) is 2.21. The summed E-state index contributed by atoms with van der Waals surface area (Å²) in [6.07, 6.45) is -2.04. The third-order valence-electron chi connectivity index (χ3n) is 3.52. The Morgan fingerprint density at radius 3 is 2.37 bits per heavy atom. The van der Waals surface area contributed by atoms with Crippen LogP contribution in [-0.4, -0.2) is 31.5 Å². The van der Waals surface area contributed by atoms with Crippen LogP contribution in [0.25, 0.3) is 11.1 Å². The first-order chi connectivity index (χ1) is 12.7. The van der Waals surface area contributed by atoms with Crippen molar-refractivity contribution < 1.29 is 27.5 Å². The van der Waals surface area contributed by atoms with Gasteiger partial charge in [-0.05, 0) is 30.7 Å². The number of benzene rings is 1. The summed E-state index contributed by atoms with van der Waals surface area (Å²) in [5.74, 6) is -0.552. The van der Waals surface area contributed by atoms with E-state index in [1.54, 1.807) is 13.1 Å². The molecule has 0 radical (unpaired) electrons. The Kier molecular flexibility index (Phi) is 7.77. The van der Waals surface area contributed by atoms with Crippen LogP contribution in [0.1, 0.15) is 28.5 Å². The first kappa shape index (κ1) is 21.9. The molecule has 1 aromatic carbocycles. The van der Waals surface area contributed by atoms with Gasteiger partial charge >= 0.3 is 6.18 Å². The molecule has 3 N–H and O–H groups in total. The Labute approximate surface area is 154 Å². The minimum atomic E-state index is -4.51. The average Bonchev–Trinajstić information content (AvgIpc) is 2.66. The van der Waals surface area contributed by atoms with Crippen molar-refractivity contribution in [1.29, 1.82) is 0 Å². The van der Waals surface area contributed by atoms with Gasteiger partial charge in [-0.25, -0.2) is 0 Å². The summed E-state index contributed by atoms with van der Waals surface area (Å²) in [6.45, 7) is 1.85. The molecule has 2 rings (SSSR count). The van der Waals surface area contributed by atoms with Crippen LogP contribution in [0.3, 0.4) is 0 Å². The van der Waals surface area contributed by atoms with E-state index < -0.39 is 17.6 Å². The molecule has 0 fully saturated rings. The van der Waals surface area contributed by atoms with Crippen LogP contribution in [-0.2, 0) is 17.4 Å². The molecule has 0 aliphatic carbocycles. The fraction of sp³-hybridized carbons (Fsp3) is 0.278. The molecular weight excluding hydrogens is 363 g/mol. The monoisotopic (exact) mass is 383 g/mol. The number of amides is 2. The zero-order valence-electron chi connectivity index (χ0n) is 15.1. The quantitative estimate of drug-likeness (QED) is 0.777. The number of aryl methyl sites for hydroxylation is 1. The minimum Gasteiger partial charge on any atom is -0.496 e. The summed E-state index contributed by atoms with van der Waals surface area (Å²) in [6, 6.07) is 4.64. The second kappa shape index (κ2) is 9.56. The summed E-state index contributed by atoms with van der Waals surface area (Å²) in [4.78, 5) is 24.7. The molecule has 0 atom stereocenters. The molecule has 0 saturated heterocycles. The van der Waals surface area contributed by atoms with Gasteiger partial charge in [0.25, 0.3) is 5.91 Å². The molecule has 2 amide bonds. The van der Waals surface area contributed by atoms with Crippen molar-refractivity contribution in [3.63, 3.8) is 0 Å². The van der Waals surface area contributed by atoms with Gasteiger partial charge in [-0.3, -0.25) is 14.6 Å². The SMILES string of the molecule is CCc1cc(-c2cc(C(F)(F)F)ccc2OC)c(C(N)=O)cn1.CNC=O. The Hall–Kier alpha value is -3.10. The summed E-state index contributed by atoms with van der Waals surface area (Å²) >= 11 is 0. The molecular formula is C18H20F3N3O3. The van der Waals surface area contributed by atoms with Crippen LogP contribution in [0.2, 0.25) is 0 Å². The predicted molar refractivity (Wildman–Crippen MR) is 94.2 cm³/mol. The van der Waals surface area contributed by atoms with E-state index in [1.165, 1.54) is 19.4 Å². The number of pyridine rings is 1. The molecule has 0 bridgehead atoms. The molecule has 0 aliphatic rings. The normalized spacial score (nSPS) is 10.4. The molecule has 146 valence electrons. The molecule has 0 unspecified atom stereocenters. The van der Waals surface area contributed by atoms with Gasteiger partial charge in [0.15, 0.2) is 0 Å². The maximum atomic E-state index is 13.0. The lowest BCUT2D eigenvalue weighted by atomic mass is 9.97. The highest BCUT2D eigenvalue weighted by Crippen LogP contribution is 2.38. The van der Waals surface area contributed by atoms with E-state index in [-0.39, 0.29) is 22.4 Å². The number of carbonyl (C=O) groups is 2. The number of nitrogens with zero attached hydrogens (tertiary/aromatic N) is 1. The number of hydrogen-bond acceptors (Lipinski definition) is 4. The Balaban J connectivity index is 0.000000828. The second-order valence-electron chi connectivity index (χ2n) is 5.26. The van der Waals surface area contributed by atoms with Gasteiger partial charge in [0, 0.05) is 30.1 Å². The largest absolute Gasteiger partial charge is 0.496 e. The number of hydrogen-bond donors (Lipinski definition) is 2. The molecule has 9 heteroatoms. The standard InChI is InChI=1S/C16H15F3N2O2.C2H5NO/c1-3-10-7-11(13(8-21-10)15(20)22)12-6-9(16(17,18)19)4-5-14(12)23-2;1-3-2-4/h4-8H,3H2,1-2H3,(H2,20,22);2H,1H3,(H,3,4). The number of ether oxygens (including phenoxy) is 1. The van der Waals surface area contributed by atoms with Crippen LogP contribution in [0.15, 0.2) is 30.5 Å². The van der Waals surface area contributed by atoms with Gasteiger partial charge < -0.3 is 15.8 Å². The minimum absolute atomic E-state index is 0.0415. The highest BCUT2D eigenvalue weighted by molar-refractivity contribution is 6.00. The lowest BCUT2D eigenvalue weighted by Crippen LogP contribution is -2.14. The van der Waals surface area contributed by atoms with Crippen LogP contribution >= 0.6 is 0 Å². The summed E-state index contributed by atoms with van der Waals surface area (Å²) < 4.78 is 44.1. The topological polar surface area (TPSA) is 94.3 Å². The number of nitrogens with one attached hydrogen (secondary N) is 1. The fourth-order valence-corrected chi connectivity index (χ4v) is 2.21. The van der Waals surface area contributed by atoms with Crippen LogP contribution < -0.4 is 15.8 Å². The molecule has 2 aromatic rings. The zero-order valence-corrected chi connectivity index (χ0v) is 15.1. The van der Waals surface area contributed by atoms with Crippen molar-refractivity contribution in [3.8, 4) is 16.9 Å². The van der Waals surface area contributed by atoms with E-state index in [0.717, 1.165) is 12.1 Å². The maximum absolute atomic E-state index is 13.0. The molecule has 0 spiro atoms. The number of primary amides is 1. The Morgan fingerprint density at radius 2 is 1.93 bits per heavy atom. The van der Waals surface area contributed by atoms with Crippen molar-refractivity contribution in [2.45, 2.75) is 19.5 Å². The molecule has 1 heterocycles. The number of nitrogens with two attached hydrogens (primary N) is 1.